The van der Waals surface area contributed by atoms with Gasteiger partial charge in [0.1, 0.15) is 0 Å². The molecular formula is C23H33ClN2O4. The van der Waals surface area contributed by atoms with Gasteiger partial charge in [-0.3, -0.25) is 9.69 Å². The van der Waals surface area contributed by atoms with E-state index in [0.29, 0.717) is 32.7 Å². The Balaban J connectivity index is 1.40. The number of hydrogen-bond donors (Lipinski definition) is 1. The maximum Gasteiger partial charge on any atom is 0.225 e. The number of likely N-dealkylation sites (tertiary alicyclic amines) is 1. The third-order valence-corrected chi connectivity index (χ3v) is 6.71. The predicted molar refractivity (Wildman–Crippen MR) is 115 cm³/mol. The molecule has 0 radical (unpaired) electrons. The number of halogens is 1. The second-order valence-electron chi connectivity index (χ2n) is 8.84. The highest BCUT2D eigenvalue weighted by Crippen LogP contribution is 2.29. The zero-order valence-corrected chi connectivity index (χ0v) is 18.3. The van der Waals surface area contributed by atoms with E-state index in [4.69, 9.17) is 21.1 Å². The fourth-order valence-electron chi connectivity index (χ4n) is 4.96. The molecule has 3 saturated heterocycles. The van der Waals surface area contributed by atoms with E-state index in [1.807, 2.05) is 23.1 Å². The first-order valence-corrected chi connectivity index (χ1v) is 11.6. The van der Waals surface area contributed by atoms with E-state index in [9.17, 15) is 9.90 Å². The monoisotopic (exact) mass is 436 g/mol. The molecule has 0 aliphatic carbocycles. The average Bonchev–Trinajstić information content (AvgIpc) is 2.73. The molecule has 1 amide bonds. The van der Waals surface area contributed by atoms with Crippen LogP contribution < -0.4 is 0 Å². The summed E-state index contributed by atoms with van der Waals surface area (Å²) in [5, 5.41) is 11.1. The number of amides is 1. The zero-order valence-electron chi connectivity index (χ0n) is 17.5. The quantitative estimate of drug-likeness (QED) is 0.786. The minimum Gasteiger partial charge on any atom is -0.389 e. The van der Waals surface area contributed by atoms with Crippen LogP contribution in [0.15, 0.2) is 24.3 Å². The number of carbonyl (C=O) groups excluding carboxylic acids is 1. The normalized spacial score (nSPS) is 30.9. The molecule has 1 N–H and O–H groups in total. The molecule has 4 rings (SSSR count). The predicted octanol–water partition coefficient (Wildman–Crippen LogP) is 2.85. The smallest absolute Gasteiger partial charge is 0.225 e. The van der Waals surface area contributed by atoms with Crippen LogP contribution in [0.1, 0.15) is 44.1 Å². The molecule has 1 aromatic carbocycles. The van der Waals surface area contributed by atoms with Gasteiger partial charge in [0.2, 0.25) is 5.91 Å². The van der Waals surface area contributed by atoms with E-state index in [0.717, 1.165) is 49.4 Å². The number of piperidine rings is 1. The van der Waals surface area contributed by atoms with Crippen molar-refractivity contribution in [2.75, 3.05) is 32.8 Å². The summed E-state index contributed by atoms with van der Waals surface area (Å²) in [6.45, 7) is 3.75. The van der Waals surface area contributed by atoms with Crippen molar-refractivity contribution in [1.29, 1.82) is 0 Å². The van der Waals surface area contributed by atoms with Gasteiger partial charge in [-0.25, -0.2) is 0 Å². The highest BCUT2D eigenvalue weighted by Gasteiger charge is 2.38. The molecule has 7 heteroatoms. The molecule has 3 fully saturated rings. The van der Waals surface area contributed by atoms with Crippen LogP contribution >= 0.6 is 11.6 Å². The second kappa shape index (κ2) is 10.4. The van der Waals surface area contributed by atoms with Gasteiger partial charge >= 0.3 is 0 Å². The average molecular weight is 437 g/mol. The van der Waals surface area contributed by atoms with Gasteiger partial charge in [0.15, 0.2) is 0 Å². The highest BCUT2D eigenvalue weighted by molar-refractivity contribution is 6.30. The van der Waals surface area contributed by atoms with Gasteiger partial charge in [0.05, 0.1) is 37.9 Å². The number of aliphatic hydroxyl groups excluding tert-OH is 1. The first-order chi connectivity index (χ1) is 14.6. The standard InChI is InChI=1S/C23H33ClN2O4/c24-18-6-4-5-17(11-18)13-26-14-19(27)15-29-16-22-21(26)8-7-20(30-22)12-23(28)25-9-2-1-3-10-25/h4-6,11,19-22,27H,1-3,7-10,12-16H2/t19-,20-,21-,22+/m0/s1. The summed E-state index contributed by atoms with van der Waals surface area (Å²) in [7, 11) is 0. The van der Waals surface area contributed by atoms with E-state index in [1.54, 1.807) is 0 Å². The van der Waals surface area contributed by atoms with E-state index in [-0.39, 0.29) is 24.2 Å². The second-order valence-corrected chi connectivity index (χ2v) is 9.27. The number of aliphatic hydroxyl groups is 1. The molecular weight excluding hydrogens is 404 g/mol. The Labute approximate surface area is 184 Å². The SMILES string of the molecule is O=C(C[C@@H]1CC[C@H]2[C@@H](COC[C@@H](O)CN2Cc2cccc(Cl)c2)O1)N1CCCCC1. The third-order valence-electron chi connectivity index (χ3n) is 6.47. The summed E-state index contributed by atoms with van der Waals surface area (Å²) in [5.74, 6) is 0.219. The molecule has 4 atom stereocenters. The van der Waals surface area contributed by atoms with Gasteiger partial charge in [-0.05, 0) is 49.8 Å². The van der Waals surface area contributed by atoms with Crippen molar-refractivity contribution in [3.63, 3.8) is 0 Å². The van der Waals surface area contributed by atoms with Crippen LogP contribution in [0.5, 0.6) is 0 Å². The summed E-state index contributed by atoms with van der Waals surface area (Å²) < 4.78 is 12.1. The molecule has 166 valence electrons. The lowest BCUT2D eigenvalue weighted by molar-refractivity contribution is -0.161. The Morgan fingerprint density at radius 1 is 1.17 bits per heavy atom. The summed E-state index contributed by atoms with van der Waals surface area (Å²) in [5.41, 5.74) is 1.12. The van der Waals surface area contributed by atoms with Crippen LogP contribution in [-0.4, -0.2) is 78.0 Å². The first kappa shape index (κ1) is 22.0. The number of carbonyl (C=O) groups is 1. The molecule has 3 aliphatic heterocycles. The number of β-amino-alcohol motifs (C(OH)–C–C–N with tert-alkyl or cyclic N) is 1. The van der Waals surface area contributed by atoms with E-state index >= 15 is 0 Å². The van der Waals surface area contributed by atoms with Gasteiger partial charge in [-0.15, -0.1) is 0 Å². The van der Waals surface area contributed by atoms with Crippen molar-refractivity contribution in [1.82, 2.24) is 9.80 Å². The fraction of sp³-hybridized carbons (Fsp3) is 0.696. The summed E-state index contributed by atoms with van der Waals surface area (Å²) in [6.07, 6.45) is 5.00. The summed E-state index contributed by atoms with van der Waals surface area (Å²) >= 11 is 6.17. The van der Waals surface area contributed by atoms with E-state index in [1.165, 1.54) is 6.42 Å². The van der Waals surface area contributed by atoms with E-state index < -0.39 is 6.10 Å². The maximum absolute atomic E-state index is 12.7. The molecule has 0 aromatic heterocycles. The lowest BCUT2D eigenvalue weighted by atomic mass is 9.94. The van der Waals surface area contributed by atoms with E-state index in [2.05, 4.69) is 11.0 Å². The number of ether oxygens (including phenoxy) is 2. The number of benzene rings is 1. The Kier molecular flexibility index (Phi) is 7.65. The molecule has 6 nitrogen and oxygen atoms in total. The minimum atomic E-state index is -0.525. The van der Waals surface area contributed by atoms with Crippen LogP contribution in [0, 0.1) is 0 Å². The van der Waals surface area contributed by atoms with Crippen LogP contribution in [0.2, 0.25) is 5.02 Å². The van der Waals surface area contributed by atoms with Crippen molar-refractivity contribution in [3.8, 4) is 0 Å². The number of hydrogen-bond acceptors (Lipinski definition) is 5. The molecule has 1 aromatic rings. The molecule has 0 unspecified atom stereocenters. The topological polar surface area (TPSA) is 62.2 Å². The van der Waals surface area contributed by atoms with Crippen LogP contribution in [-0.2, 0) is 20.8 Å². The lowest BCUT2D eigenvalue weighted by Gasteiger charge is -2.44. The number of fused-ring (bicyclic) bond motifs is 1. The van der Waals surface area contributed by atoms with Crippen molar-refractivity contribution >= 4 is 17.5 Å². The highest BCUT2D eigenvalue weighted by atomic mass is 35.5. The Morgan fingerprint density at radius 3 is 2.80 bits per heavy atom. The maximum atomic E-state index is 12.7. The van der Waals surface area contributed by atoms with Crippen molar-refractivity contribution in [2.45, 2.75) is 69.4 Å². The molecule has 0 spiro atoms. The lowest BCUT2D eigenvalue weighted by Crippen LogP contribution is -2.55. The Morgan fingerprint density at radius 2 is 2.00 bits per heavy atom. The Bertz CT molecular complexity index is 712. The fourth-order valence-corrected chi connectivity index (χ4v) is 5.18. The van der Waals surface area contributed by atoms with Crippen molar-refractivity contribution < 1.29 is 19.4 Å². The largest absolute Gasteiger partial charge is 0.389 e. The zero-order chi connectivity index (χ0) is 20.9. The van der Waals surface area contributed by atoms with Gasteiger partial charge in [-0.1, -0.05) is 23.7 Å². The van der Waals surface area contributed by atoms with Crippen molar-refractivity contribution in [2.24, 2.45) is 0 Å². The summed E-state index contributed by atoms with van der Waals surface area (Å²) in [6, 6.07) is 8.02. The van der Waals surface area contributed by atoms with Crippen molar-refractivity contribution in [3.05, 3.63) is 34.9 Å². The molecule has 3 heterocycles. The van der Waals surface area contributed by atoms with Gasteiger partial charge in [0.25, 0.3) is 0 Å². The molecule has 30 heavy (non-hydrogen) atoms. The third kappa shape index (κ3) is 5.74. The van der Waals surface area contributed by atoms with Crippen LogP contribution in [0.3, 0.4) is 0 Å². The molecule has 0 saturated carbocycles. The molecule has 3 aliphatic rings. The first-order valence-electron chi connectivity index (χ1n) is 11.3. The van der Waals surface area contributed by atoms with Gasteiger partial charge in [-0.2, -0.15) is 0 Å². The van der Waals surface area contributed by atoms with Crippen LogP contribution in [0.25, 0.3) is 0 Å². The van der Waals surface area contributed by atoms with Gasteiger partial charge < -0.3 is 19.5 Å². The Hall–Kier alpha value is -1.18. The van der Waals surface area contributed by atoms with Crippen LogP contribution in [0.4, 0.5) is 0 Å². The molecule has 0 bridgehead atoms. The minimum absolute atomic E-state index is 0.0540. The summed E-state index contributed by atoms with van der Waals surface area (Å²) in [4.78, 5) is 17.0. The van der Waals surface area contributed by atoms with Gasteiger partial charge in [0, 0.05) is 37.2 Å². The number of rotatable bonds is 4. The number of nitrogens with zero attached hydrogens (tertiary/aromatic N) is 2.